The molecule has 0 radical (unpaired) electrons. The molecule has 0 aliphatic rings. The van der Waals surface area contributed by atoms with Gasteiger partial charge in [0.2, 0.25) is 0 Å². The highest BCUT2D eigenvalue weighted by molar-refractivity contribution is 6.25. The summed E-state index contributed by atoms with van der Waals surface area (Å²) in [5, 5.41) is -3.18. The predicted molar refractivity (Wildman–Crippen MR) is 204 cm³/mol. The SMILES string of the molecule is [2H]c1c([2H])c([2H])c(-c2nc(-c3c([2H])c([2H])c([2H])c(-c4c([2H])c([2H])c(-c5c([2H])c([2H])c(C)c([2H])c5[2H])c([2H])c4[2H])c3[2H])nc(-c3c([2H])c([2H])c4c5c([2H])c([2H])c([2H])c([2H])c5c5c([2H])c([2H])c([2H])c([2H])c5c4c3[2H])n2)c([2H])c1[2H]. The van der Waals surface area contributed by atoms with Crippen LogP contribution < -0.4 is 0 Å². The molecule has 3 heteroatoms. The fourth-order valence-electron chi connectivity index (χ4n) is 4.98. The van der Waals surface area contributed by atoms with Crippen molar-refractivity contribution in [2.24, 2.45) is 0 Å². The monoisotopic (exact) mass is 653 g/mol. The Labute approximate surface area is 324 Å². The first-order valence-corrected chi connectivity index (χ1v) is 14.3. The lowest BCUT2D eigenvalue weighted by atomic mass is 9.93. The Morgan fingerprint density at radius 3 is 1.29 bits per heavy atom. The predicted octanol–water partition coefficient (Wildman–Crippen LogP) is 12.0. The van der Waals surface area contributed by atoms with Crippen LogP contribution in [0.15, 0.2) is 169 Å². The lowest BCUT2D eigenvalue weighted by Gasteiger charge is -2.13. The van der Waals surface area contributed by atoms with Crippen molar-refractivity contribution in [3.63, 3.8) is 0 Å². The van der Waals surface area contributed by atoms with E-state index in [-0.39, 0.29) is 5.56 Å². The zero-order valence-corrected chi connectivity index (χ0v) is 24.8. The molecule has 3 nitrogen and oxygen atoms in total. The van der Waals surface area contributed by atoms with Crippen LogP contribution in [-0.4, -0.2) is 15.0 Å². The molecule has 49 heavy (non-hydrogen) atoms. The van der Waals surface area contributed by atoms with E-state index >= 15 is 0 Å². The molecule has 8 aromatic carbocycles. The average molecular weight is 654 g/mol. The van der Waals surface area contributed by atoms with Crippen molar-refractivity contribution in [2.75, 3.05) is 0 Å². The van der Waals surface area contributed by atoms with Crippen LogP contribution in [0.2, 0.25) is 0 Å². The Hall–Kier alpha value is -6.45. The van der Waals surface area contributed by atoms with Gasteiger partial charge >= 0.3 is 0 Å². The van der Waals surface area contributed by atoms with Gasteiger partial charge < -0.3 is 0 Å². The maximum atomic E-state index is 9.78. The number of benzene rings is 8. The lowest BCUT2D eigenvalue weighted by molar-refractivity contribution is 1.07. The van der Waals surface area contributed by atoms with Gasteiger partial charge in [-0.2, -0.15) is 0 Å². The summed E-state index contributed by atoms with van der Waals surface area (Å²) in [4.78, 5) is 13.0. The molecule has 0 saturated carbocycles. The van der Waals surface area contributed by atoms with Crippen molar-refractivity contribution in [1.82, 2.24) is 15.0 Å². The van der Waals surface area contributed by atoms with Crippen molar-refractivity contribution >= 4 is 32.3 Å². The molecule has 9 rings (SSSR count). The van der Waals surface area contributed by atoms with E-state index in [1.807, 2.05) is 0 Å². The molecule has 0 saturated heterocycles. The maximum Gasteiger partial charge on any atom is 0.164 e. The van der Waals surface area contributed by atoms with Crippen molar-refractivity contribution in [3.05, 3.63) is 175 Å². The summed E-state index contributed by atoms with van der Waals surface area (Å²) < 4.78 is 248. The van der Waals surface area contributed by atoms with Crippen LogP contribution in [0.25, 0.3) is 88.7 Å². The molecule has 0 aliphatic carbocycles. The molecule has 0 unspecified atom stereocenters. The Morgan fingerprint density at radius 2 is 0.694 bits per heavy atom. The number of aromatic nitrogens is 3. The van der Waals surface area contributed by atoms with Crippen LogP contribution >= 0.6 is 0 Å². The van der Waals surface area contributed by atoms with E-state index in [0.29, 0.717) is 0 Å². The van der Waals surface area contributed by atoms with Crippen molar-refractivity contribution in [3.8, 4) is 56.4 Å². The number of nitrogens with zero attached hydrogens (tertiary/aromatic N) is 3. The van der Waals surface area contributed by atoms with Crippen LogP contribution in [0.5, 0.6) is 0 Å². The van der Waals surface area contributed by atoms with E-state index in [1.54, 1.807) is 0 Å². The first kappa shape index (κ1) is 11.9. The third kappa shape index (κ3) is 5.32. The first-order valence-electron chi connectivity index (χ1n) is 28.3. The van der Waals surface area contributed by atoms with Gasteiger partial charge in [0, 0.05) is 16.7 Å². The molecule has 0 fully saturated rings. The van der Waals surface area contributed by atoms with Crippen LogP contribution in [0.3, 0.4) is 0 Å². The first-order chi connectivity index (χ1) is 35.9. The summed E-state index contributed by atoms with van der Waals surface area (Å²) in [6, 6.07) is -24.7. The highest BCUT2D eigenvalue weighted by Crippen LogP contribution is 2.37. The molecule has 0 aliphatic heterocycles. The van der Waals surface area contributed by atoms with E-state index in [0.717, 1.165) is 0 Å². The minimum absolute atomic E-state index is 0.0782. The van der Waals surface area contributed by atoms with Gasteiger partial charge in [-0.25, -0.2) is 15.0 Å². The molecular weight excluding hydrogens is 595 g/mol. The number of fused-ring (bicyclic) bond motifs is 6. The summed E-state index contributed by atoms with van der Waals surface area (Å²) in [6.45, 7) is 1.30. The van der Waals surface area contributed by atoms with E-state index in [2.05, 4.69) is 15.0 Å². The van der Waals surface area contributed by atoms with E-state index in [9.17, 15) is 5.48 Å². The Bertz CT molecular complexity index is 4140. The average Bonchev–Trinajstić information content (AvgIpc) is 3.51. The second-order valence-electron chi connectivity index (χ2n) is 10.3. The van der Waals surface area contributed by atoms with Crippen molar-refractivity contribution in [2.45, 2.75) is 6.92 Å². The Balaban J connectivity index is 1.45. The zero-order valence-electron chi connectivity index (χ0n) is 52.8. The van der Waals surface area contributed by atoms with Gasteiger partial charge in [-0.15, -0.1) is 0 Å². The molecule has 0 N–H and O–H groups in total. The summed E-state index contributed by atoms with van der Waals surface area (Å²) in [5.41, 5.74) is -5.57. The lowest BCUT2D eigenvalue weighted by Crippen LogP contribution is -2.00. The highest BCUT2D eigenvalue weighted by atomic mass is 15.0. The van der Waals surface area contributed by atoms with Gasteiger partial charge in [0.05, 0.1) is 38.4 Å². The summed E-state index contributed by atoms with van der Waals surface area (Å²) in [7, 11) is 0. The zero-order chi connectivity index (χ0) is 57.1. The van der Waals surface area contributed by atoms with Crippen LogP contribution in [0, 0.1) is 6.92 Å². The second-order valence-corrected chi connectivity index (χ2v) is 10.3. The topological polar surface area (TPSA) is 38.7 Å². The Kier molecular flexibility index (Phi) is 2.91. The molecule has 0 amide bonds. The van der Waals surface area contributed by atoms with Gasteiger partial charge in [0.1, 0.15) is 0 Å². The summed E-state index contributed by atoms with van der Waals surface area (Å²) in [5.74, 6) is -2.75. The van der Waals surface area contributed by atoms with E-state index in [1.165, 1.54) is 6.92 Å². The third-order valence-corrected chi connectivity index (χ3v) is 7.24. The fourth-order valence-corrected chi connectivity index (χ4v) is 4.98. The molecule has 230 valence electrons. The standard InChI is InChI=1S/C46H31N3/c1-30-18-20-31(21-19-30)32-22-24-33(25-23-32)35-12-9-13-36(28-35)45-47-44(34-10-3-2-4-11-34)48-46(49-45)37-26-27-42-40-16-6-5-14-38(40)39-15-7-8-17-41(39)43(42)29-37/h2-29H,1H3/i2D,3D,4D,5D,6D,7D,8D,9D,10D,11D,12D,13D,14D,15D,16D,17D,18D,19D,20D,21D,22D,23D,24D,25D,26D,27D,28D,29D. The summed E-state index contributed by atoms with van der Waals surface area (Å²) >= 11 is 0. The van der Waals surface area contributed by atoms with Crippen LogP contribution in [0.4, 0.5) is 0 Å². The number of hydrogen-bond acceptors (Lipinski definition) is 3. The fraction of sp³-hybridized carbons (Fsp3) is 0.0217. The molecule has 9 aromatic rings. The minimum atomic E-state index is -1.06. The van der Waals surface area contributed by atoms with Gasteiger partial charge in [0.25, 0.3) is 0 Å². The second kappa shape index (κ2) is 12.0. The van der Waals surface area contributed by atoms with Crippen molar-refractivity contribution in [1.29, 1.82) is 0 Å². The quantitative estimate of drug-likeness (QED) is 0.174. The third-order valence-electron chi connectivity index (χ3n) is 7.24. The van der Waals surface area contributed by atoms with Gasteiger partial charge in [0.15, 0.2) is 17.5 Å². The van der Waals surface area contributed by atoms with Gasteiger partial charge in [-0.3, -0.25) is 0 Å². The van der Waals surface area contributed by atoms with Crippen LogP contribution in [0.1, 0.15) is 43.9 Å². The minimum Gasteiger partial charge on any atom is -0.208 e. The Morgan fingerprint density at radius 1 is 0.306 bits per heavy atom. The molecular formula is C46H31N3. The molecule has 0 atom stereocenters. The molecule has 1 heterocycles. The molecule has 0 bridgehead atoms. The van der Waals surface area contributed by atoms with E-state index < -0.39 is 258 Å². The summed E-state index contributed by atoms with van der Waals surface area (Å²) in [6.07, 6.45) is 0. The van der Waals surface area contributed by atoms with Gasteiger partial charge in [-0.05, 0) is 73.6 Å². The smallest absolute Gasteiger partial charge is 0.164 e. The van der Waals surface area contributed by atoms with Crippen LogP contribution in [-0.2, 0) is 0 Å². The normalized spacial score (nSPS) is 19.4. The van der Waals surface area contributed by atoms with E-state index in [4.69, 9.17) is 32.9 Å². The van der Waals surface area contributed by atoms with Crippen molar-refractivity contribution < 1.29 is 38.4 Å². The highest BCUT2D eigenvalue weighted by Gasteiger charge is 2.15. The van der Waals surface area contributed by atoms with Gasteiger partial charge in [-0.1, -0.05) is 163 Å². The number of rotatable bonds is 5. The maximum absolute atomic E-state index is 9.78. The molecule has 1 aromatic heterocycles. The molecule has 0 spiro atoms. The number of hydrogen-bond donors (Lipinski definition) is 0. The largest absolute Gasteiger partial charge is 0.208 e.